The first-order valence-corrected chi connectivity index (χ1v) is 10.7. The van der Waals surface area contributed by atoms with Crippen LogP contribution < -0.4 is 5.32 Å². The number of amides is 2. The third kappa shape index (κ3) is 4.98. The van der Waals surface area contributed by atoms with Gasteiger partial charge in [0.2, 0.25) is 0 Å². The molecule has 1 aromatic heterocycles. The van der Waals surface area contributed by atoms with Gasteiger partial charge in [0.05, 0.1) is 39.0 Å². The molecule has 1 aliphatic heterocycles. The highest BCUT2D eigenvalue weighted by Crippen LogP contribution is 2.35. The van der Waals surface area contributed by atoms with Crippen LogP contribution in [0.4, 0.5) is 16.4 Å². The fourth-order valence-electron chi connectivity index (χ4n) is 3.51. The zero-order chi connectivity index (χ0) is 24.3. The van der Waals surface area contributed by atoms with Crippen LogP contribution in [0.5, 0.6) is 0 Å². The number of thiophene rings is 1. The highest BCUT2D eigenvalue weighted by molar-refractivity contribution is 7.18. The van der Waals surface area contributed by atoms with E-state index in [4.69, 9.17) is 4.74 Å². The number of carbonyl (C=O) groups is 3. The molecule has 1 saturated heterocycles. The van der Waals surface area contributed by atoms with Crippen LogP contribution in [0.1, 0.15) is 55.2 Å². The molecule has 12 nitrogen and oxygen atoms in total. The van der Waals surface area contributed by atoms with Gasteiger partial charge in [-0.15, -0.1) is 11.3 Å². The predicted octanol–water partition coefficient (Wildman–Crippen LogP) is 3.54. The third-order valence-corrected chi connectivity index (χ3v) is 6.38. The summed E-state index contributed by atoms with van der Waals surface area (Å²) in [7, 11) is 1.15. The van der Waals surface area contributed by atoms with Crippen molar-refractivity contribution in [3.63, 3.8) is 0 Å². The van der Waals surface area contributed by atoms with Crippen molar-refractivity contribution in [3.8, 4) is 0 Å². The third-order valence-electron chi connectivity index (χ3n) is 5.19. The van der Waals surface area contributed by atoms with Crippen molar-refractivity contribution in [2.24, 2.45) is 0 Å². The highest BCUT2D eigenvalue weighted by atomic mass is 32.1. The van der Waals surface area contributed by atoms with Gasteiger partial charge in [0.25, 0.3) is 23.2 Å². The van der Waals surface area contributed by atoms with Crippen molar-refractivity contribution in [3.05, 3.63) is 60.0 Å². The zero-order valence-corrected chi connectivity index (χ0v) is 18.6. The van der Waals surface area contributed by atoms with E-state index in [0.717, 1.165) is 55.9 Å². The molecule has 0 spiro atoms. The molecule has 2 aromatic rings. The van der Waals surface area contributed by atoms with E-state index in [0.29, 0.717) is 18.7 Å². The van der Waals surface area contributed by atoms with Crippen LogP contribution in [0.3, 0.4) is 0 Å². The van der Waals surface area contributed by atoms with Gasteiger partial charge in [0.15, 0.2) is 0 Å². The largest absolute Gasteiger partial charge is 0.465 e. The molecule has 13 heteroatoms. The van der Waals surface area contributed by atoms with Gasteiger partial charge in [0.1, 0.15) is 5.00 Å². The van der Waals surface area contributed by atoms with Crippen molar-refractivity contribution in [2.75, 3.05) is 25.5 Å². The number of ether oxygens (including phenoxy) is 1. The molecule has 3 rings (SSSR count). The quantitative estimate of drug-likeness (QED) is 0.376. The highest BCUT2D eigenvalue weighted by Gasteiger charge is 2.30. The minimum absolute atomic E-state index is 0.0128. The lowest BCUT2D eigenvalue weighted by atomic mass is 10.1. The lowest BCUT2D eigenvalue weighted by molar-refractivity contribution is -0.394. The second-order valence-corrected chi connectivity index (χ2v) is 8.33. The Balaban J connectivity index is 2.00. The fourth-order valence-corrected chi connectivity index (χ4v) is 4.66. The molecule has 0 saturated carbocycles. The summed E-state index contributed by atoms with van der Waals surface area (Å²) in [5, 5.41) is 24.7. The van der Waals surface area contributed by atoms with Gasteiger partial charge in [-0.2, -0.15) is 0 Å². The molecule has 0 aliphatic carbocycles. The topological polar surface area (TPSA) is 162 Å². The van der Waals surface area contributed by atoms with E-state index in [1.54, 1.807) is 11.8 Å². The van der Waals surface area contributed by atoms with Gasteiger partial charge in [-0.3, -0.25) is 29.8 Å². The number of methoxy groups -OCH3 is 1. The summed E-state index contributed by atoms with van der Waals surface area (Å²) in [6.45, 7) is 2.74. The fraction of sp³-hybridized carbons (Fsp3) is 0.350. The SMILES string of the molecule is COC(=O)c1c(NC(=O)c2cc([N+](=O)[O-])cc([N+](=O)[O-])c2)sc(C(=O)N2CCCCC2)c1C. The van der Waals surface area contributed by atoms with Gasteiger partial charge in [-0.1, -0.05) is 0 Å². The van der Waals surface area contributed by atoms with Crippen LogP contribution in [-0.4, -0.2) is 52.7 Å². The normalized spacial score (nSPS) is 13.3. The number of esters is 1. The smallest absolute Gasteiger partial charge is 0.341 e. The number of nitrogens with zero attached hydrogens (tertiary/aromatic N) is 3. The van der Waals surface area contributed by atoms with Crippen LogP contribution in [-0.2, 0) is 4.74 Å². The van der Waals surface area contributed by atoms with Gasteiger partial charge in [0, 0.05) is 25.2 Å². The van der Waals surface area contributed by atoms with Crippen LogP contribution in [0.25, 0.3) is 0 Å². The molecule has 33 heavy (non-hydrogen) atoms. The summed E-state index contributed by atoms with van der Waals surface area (Å²) in [6, 6.07) is 2.52. The lowest BCUT2D eigenvalue weighted by Gasteiger charge is -2.26. The molecule has 1 fully saturated rings. The Kier molecular flexibility index (Phi) is 7.01. The first-order chi connectivity index (χ1) is 15.6. The first-order valence-electron chi connectivity index (χ1n) is 9.90. The number of rotatable bonds is 6. The van der Waals surface area contributed by atoms with E-state index in [9.17, 15) is 34.6 Å². The Morgan fingerprint density at radius 3 is 2.12 bits per heavy atom. The molecule has 0 atom stereocenters. The summed E-state index contributed by atoms with van der Waals surface area (Å²) in [5.74, 6) is -1.96. The summed E-state index contributed by atoms with van der Waals surface area (Å²) in [5.41, 5.74) is -1.29. The number of likely N-dealkylation sites (tertiary alicyclic amines) is 1. The molecule has 1 N–H and O–H groups in total. The van der Waals surface area contributed by atoms with Crippen LogP contribution in [0.15, 0.2) is 18.2 Å². The lowest BCUT2D eigenvalue weighted by Crippen LogP contribution is -2.35. The molecule has 1 aromatic carbocycles. The van der Waals surface area contributed by atoms with E-state index < -0.39 is 33.1 Å². The predicted molar refractivity (Wildman–Crippen MR) is 118 cm³/mol. The van der Waals surface area contributed by atoms with Gasteiger partial charge in [-0.25, -0.2) is 4.79 Å². The van der Waals surface area contributed by atoms with Crippen LogP contribution in [0, 0.1) is 27.2 Å². The standard InChI is InChI=1S/C20H20N4O8S/c1-11-15(20(27)32-2)18(33-16(11)19(26)22-6-4-3-5-7-22)21-17(25)12-8-13(23(28)29)10-14(9-12)24(30)31/h8-10H,3-7H2,1-2H3,(H,21,25). The summed E-state index contributed by atoms with van der Waals surface area (Å²) >= 11 is 0.884. The number of nitro groups is 2. The van der Waals surface area contributed by atoms with Crippen molar-refractivity contribution >= 4 is 45.5 Å². The van der Waals surface area contributed by atoms with Crippen molar-refractivity contribution in [1.29, 1.82) is 0 Å². The van der Waals surface area contributed by atoms with Crippen molar-refractivity contribution in [1.82, 2.24) is 4.90 Å². The second kappa shape index (κ2) is 9.73. The molecule has 2 heterocycles. The molecular weight excluding hydrogens is 456 g/mol. The number of hydrogen-bond donors (Lipinski definition) is 1. The summed E-state index contributed by atoms with van der Waals surface area (Å²) in [6.07, 6.45) is 2.77. The van der Waals surface area contributed by atoms with E-state index in [2.05, 4.69) is 5.32 Å². The minimum atomic E-state index is -0.912. The molecule has 174 valence electrons. The number of benzene rings is 1. The van der Waals surface area contributed by atoms with E-state index in [-0.39, 0.29) is 26.9 Å². The van der Waals surface area contributed by atoms with Gasteiger partial charge < -0.3 is 15.0 Å². The van der Waals surface area contributed by atoms with E-state index >= 15 is 0 Å². The maximum absolute atomic E-state index is 13.0. The molecule has 0 bridgehead atoms. The number of non-ortho nitro benzene ring substituents is 2. The van der Waals surface area contributed by atoms with E-state index in [1.807, 2.05) is 0 Å². The molecule has 1 aliphatic rings. The number of nitro benzene ring substituents is 2. The Morgan fingerprint density at radius 1 is 1.03 bits per heavy atom. The molecule has 0 radical (unpaired) electrons. The van der Waals surface area contributed by atoms with Crippen LogP contribution in [0.2, 0.25) is 0 Å². The average Bonchev–Trinajstić information content (AvgIpc) is 3.13. The maximum atomic E-state index is 13.0. The monoisotopic (exact) mass is 476 g/mol. The number of nitrogens with one attached hydrogen (secondary N) is 1. The molecule has 0 unspecified atom stereocenters. The van der Waals surface area contributed by atoms with Crippen molar-refractivity contribution < 1.29 is 29.0 Å². The Morgan fingerprint density at radius 2 is 1.61 bits per heavy atom. The first kappa shape index (κ1) is 23.8. The number of carbonyl (C=O) groups excluding carboxylic acids is 3. The van der Waals surface area contributed by atoms with Gasteiger partial charge in [-0.05, 0) is 31.7 Å². The maximum Gasteiger partial charge on any atom is 0.341 e. The van der Waals surface area contributed by atoms with Crippen LogP contribution >= 0.6 is 11.3 Å². The number of anilines is 1. The average molecular weight is 476 g/mol. The minimum Gasteiger partial charge on any atom is -0.465 e. The van der Waals surface area contributed by atoms with E-state index in [1.165, 1.54) is 0 Å². The number of piperidine rings is 1. The number of hydrogen-bond acceptors (Lipinski definition) is 9. The van der Waals surface area contributed by atoms with Crippen molar-refractivity contribution in [2.45, 2.75) is 26.2 Å². The van der Waals surface area contributed by atoms with Gasteiger partial charge >= 0.3 is 5.97 Å². The summed E-state index contributed by atoms with van der Waals surface area (Å²) < 4.78 is 4.80. The summed E-state index contributed by atoms with van der Waals surface area (Å²) in [4.78, 5) is 60.7. The molecule has 2 amide bonds. The molecular formula is C20H20N4O8S. The second-order valence-electron chi connectivity index (χ2n) is 7.31. The Bertz CT molecular complexity index is 1120. The zero-order valence-electron chi connectivity index (χ0n) is 17.8. The Hall–Kier alpha value is -3.87. The Labute approximate surface area is 191 Å².